The highest BCUT2D eigenvalue weighted by Gasteiger charge is 2.14. The molecule has 2 aromatic heterocycles. The van der Waals surface area contributed by atoms with Crippen LogP contribution in [0.15, 0.2) is 88.1 Å². The Morgan fingerprint density at radius 2 is 1.74 bits per heavy atom. The number of aryl methyl sites for hydroxylation is 1. The van der Waals surface area contributed by atoms with Gasteiger partial charge in [-0.15, -0.1) is 11.3 Å². The number of fused-ring (bicyclic) bond motifs is 1. The molecule has 5 rings (SSSR count). The molecule has 0 aliphatic heterocycles. The van der Waals surface area contributed by atoms with Crippen LogP contribution in [-0.2, 0) is 5.75 Å². The first kappa shape index (κ1) is 22.1. The fourth-order valence-electron chi connectivity index (χ4n) is 3.55. The molecule has 8 heteroatoms. The average Bonchev–Trinajstić information content (AvgIpc) is 3.33. The number of aromatic nitrogens is 3. The number of thioether (sulfide) groups is 1. The second-order valence-electron chi connectivity index (χ2n) is 7.76. The molecule has 5 aromatic rings. The molecule has 0 atom stereocenters. The Morgan fingerprint density at radius 3 is 2.47 bits per heavy atom. The minimum atomic E-state index is -0.453. The smallest absolute Gasteiger partial charge is 0.266 e. The summed E-state index contributed by atoms with van der Waals surface area (Å²) in [4.78, 5) is 34.2. The van der Waals surface area contributed by atoms with Crippen molar-refractivity contribution in [2.75, 3.05) is 0 Å². The molecule has 2 N–H and O–H groups in total. The zero-order valence-electron chi connectivity index (χ0n) is 18.3. The monoisotopic (exact) mass is 484 g/mol. The number of carbonyl (C=O) groups excluding carboxylic acids is 1. The number of para-hydroxylation sites is 1. The zero-order chi connectivity index (χ0) is 23.7. The summed E-state index contributed by atoms with van der Waals surface area (Å²) < 4.78 is 1.67. The third kappa shape index (κ3) is 4.37. The van der Waals surface area contributed by atoms with E-state index in [-0.39, 0.29) is 5.56 Å². The predicted molar refractivity (Wildman–Crippen MR) is 138 cm³/mol. The van der Waals surface area contributed by atoms with E-state index in [2.05, 4.69) is 0 Å². The molecule has 3 aromatic carbocycles. The van der Waals surface area contributed by atoms with E-state index in [1.165, 1.54) is 23.1 Å². The first-order valence-electron chi connectivity index (χ1n) is 10.6. The molecule has 168 valence electrons. The van der Waals surface area contributed by atoms with Gasteiger partial charge in [-0.3, -0.25) is 14.2 Å². The van der Waals surface area contributed by atoms with E-state index in [1.807, 2.05) is 66.9 Å². The molecule has 0 saturated heterocycles. The summed E-state index contributed by atoms with van der Waals surface area (Å²) in [6.07, 6.45) is 0. The van der Waals surface area contributed by atoms with Crippen LogP contribution in [0, 0.1) is 6.92 Å². The summed E-state index contributed by atoms with van der Waals surface area (Å²) in [5, 5.41) is 4.06. The molecule has 0 bridgehead atoms. The van der Waals surface area contributed by atoms with Gasteiger partial charge in [0.15, 0.2) is 5.16 Å². The molecule has 0 aliphatic rings. The summed E-state index contributed by atoms with van der Waals surface area (Å²) in [5.74, 6) is 0.109. The van der Waals surface area contributed by atoms with Crippen LogP contribution < -0.4 is 11.3 Å². The highest BCUT2D eigenvalue weighted by molar-refractivity contribution is 7.98. The Balaban J connectivity index is 1.46. The van der Waals surface area contributed by atoms with E-state index in [0.29, 0.717) is 27.4 Å². The minimum absolute atomic E-state index is 0.0922. The number of nitrogens with two attached hydrogens (primary N) is 1. The van der Waals surface area contributed by atoms with Crippen molar-refractivity contribution < 1.29 is 4.79 Å². The molecule has 0 unspecified atom stereocenters. The van der Waals surface area contributed by atoms with Crippen LogP contribution in [0.25, 0.3) is 27.2 Å². The first-order chi connectivity index (χ1) is 16.5. The van der Waals surface area contributed by atoms with E-state index in [4.69, 9.17) is 15.7 Å². The van der Waals surface area contributed by atoms with Crippen molar-refractivity contribution in [1.82, 2.24) is 14.5 Å². The van der Waals surface area contributed by atoms with Crippen LogP contribution in [0.3, 0.4) is 0 Å². The molecule has 0 spiro atoms. The highest BCUT2D eigenvalue weighted by atomic mass is 32.2. The lowest BCUT2D eigenvalue weighted by Gasteiger charge is -2.13. The Morgan fingerprint density at radius 1 is 1.00 bits per heavy atom. The molecule has 0 fully saturated rings. The fourth-order valence-corrected chi connectivity index (χ4v) is 5.39. The van der Waals surface area contributed by atoms with Crippen molar-refractivity contribution in [3.63, 3.8) is 0 Å². The molecule has 0 saturated carbocycles. The third-order valence-corrected chi connectivity index (χ3v) is 7.27. The van der Waals surface area contributed by atoms with Crippen molar-refractivity contribution in [3.8, 4) is 16.3 Å². The van der Waals surface area contributed by atoms with Crippen molar-refractivity contribution in [2.45, 2.75) is 17.8 Å². The molecular weight excluding hydrogens is 464 g/mol. The first-order valence-corrected chi connectivity index (χ1v) is 12.4. The van der Waals surface area contributed by atoms with Crippen LogP contribution in [-0.4, -0.2) is 20.4 Å². The van der Waals surface area contributed by atoms with Gasteiger partial charge < -0.3 is 5.73 Å². The molecule has 1 amide bonds. The van der Waals surface area contributed by atoms with Crippen molar-refractivity contribution in [3.05, 3.63) is 105 Å². The molecule has 0 aliphatic carbocycles. The van der Waals surface area contributed by atoms with E-state index in [1.54, 1.807) is 22.8 Å². The highest BCUT2D eigenvalue weighted by Crippen LogP contribution is 2.29. The van der Waals surface area contributed by atoms with Gasteiger partial charge in [0.2, 0.25) is 5.91 Å². The SMILES string of the molecule is Cc1ccc(-n2c(SCc3csc(-c4ccc(C(N)=O)cc4)n3)nc3ccccc3c2=O)cc1. The van der Waals surface area contributed by atoms with Crippen LogP contribution in [0.1, 0.15) is 21.6 Å². The zero-order valence-corrected chi connectivity index (χ0v) is 19.9. The summed E-state index contributed by atoms with van der Waals surface area (Å²) >= 11 is 3.01. The molecule has 2 heterocycles. The molecular formula is C26H20N4O2S2. The van der Waals surface area contributed by atoms with Gasteiger partial charge in [0.25, 0.3) is 5.56 Å². The lowest BCUT2D eigenvalue weighted by molar-refractivity contribution is 0.100. The topological polar surface area (TPSA) is 90.9 Å². The summed E-state index contributed by atoms with van der Waals surface area (Å²) in [6.45, 7) is 2.02. The summed E-state index contributed by atoms with van der Waals surface area (Å²) in [5.41, 5.74) is 10.1. The Kier molecular flexibility index (Phi) is 6.00. The van der Waals surface area contributed by atoms with Gasteiger partial charge >= 0.3 is 0 Å². The summed E-state index contributed by atoms with van der Waals surface area (Å²) in [6, 6.07) is 22.3. The van der Waals surface area contributed by atoms with Gasteiger partial charge in [0.1, 0.15) is 5.01 Å². The van der Waals surface area contributed by atoms with Gasteiger partial charge in [-0.2, -0.15) is 0 Å². The van der Waals surface area contributed by atoms with E-state index >= 15 is 0 Å². The van der Waals surface area contributed by atoms with E-state index < -0.39 is 5.91 Å². The standard InChI is InChI=1S/C26H20N4O2S2/c1-16-6-12-20(13-7-16)30-25(32)21-4-2-3-5-22(21)29-26(30)34-15-19-14-33-24(28-19)18-10-8-17(9-11-18)23(27)31/h2-14H,15H2,1H3,(H2,27,31). The van der Waals surface area contributed by atoms with Gasteiger partial charge in [0, 0.05) is 22.3 Å². The third-order valence-electron chi connectivity index (χ3n) is 5.35. The molecule has 6 nitrogen and oxygen atoms in total. The Labute approximate surface area is 204 Å². The van der Waals surface area contributed by atoms with Crippen molar-refractivity contribution in [1.29, 1.82) is 0 Å². The Hall–Kier alpha value is -3.75. The normalized spacial score (nSPS) is 11.1. The number of rotatable bonds is 6. The van der Waals surface area contributed by atoms with Crippen LogP contribution >= 0.6 is 23.1 Å². The average molecular weight is 485 g/mol. The van der Waals surface area contributed by atoms with Gasteiger partial charge in [-0.05, 0) is 43.3 Å². The lowest BCUT2D eigenvalue weighted by Crippen LogP contribution is -2.21. The number of carbonyl (C=O) groups is 1. The summed E-state index contributed by atoms with van der Waals surface area (Å²) in [7, 11) is 0. The number of amides is 1. The van der Waals surface area contributed by atoms with Crippen molar-refractivity contribution >= 4 is 39.9 Å². The van der Waals surface area contributed by atoms with Gasteiger partial charge in [0.05, 0.1) is 22.3 Å². The van der Waals surface area contributed by atoms with Gasteiger partial charge in [-0.1, -0.05) is 53.7 Å². The largest absolute Gasteiger partial charge is 0.366 e. The lowest BCUT2D eigenvalue weighted by atomic mass is 10.1. The second-order valence-corrected chi connectivity index (χ2v) is 9.56. The van der Waals surface area contributed by atoms with Crippen LogP contribution in [0.5, 0.6) is 0 Å². The number of nitrogens with zero attached hydrogens (tertiary/aromatic N) is 3. The molecule has 0 radical (unpaired) electrons. The van der Waals surface area contributed by atoms with E-state index in [0.717, 1.165) is 27.5 Å². The number of thiazole rings is 1. The number of primary amides is 1. The van der Waals surface area contributed by atoms with Crippen LogP contribution in [0.4, 0.5) is 0 Å². The number of benzene rings is 3. The Bertz CT molecular complexity index is 1560. The minimum Gasteiger partial charge on any atom is -0.366 e. The fraction of sp³-hybridized carbons (Fsp3) is 0.0769. The predicted octanol–water partition coefficient (Wildman–Crippen LogP) is 5.21. The van der Waals surface area contributed by atoms with Crippen LogP contribution in [0.2, 0.25) is 0 Å². The van der Waals surface area contributed by atoms with Gasteiger partial charge in [-0.25, -0.2) is 9.97 Å². The quantitative estimate of drug-likeness (QED) is 0.264. The molecule has 34 heavy (non-hydrogen) atoms. The van der Waals surface area contributed by atoms with Crippen molar-refractivity contribution in [2.24, 2.45) is 5.73 Å². The maximum absolute atomic E-state index is 13.4. The second kappa shape index (κ2) is 9.24. The van der Waals surface area contributed by atoms with E-state index in [9.17, 15) is 9.59 Å². The number of hydrogen-bond donors (Lipinski definition) is 1. The maximum Gasteiger partial charge on any atom is 0.266 e. The number of hydrogen-bond acceptors (Lipinski definition) is 6. The maximum atomic E-state index is 13.4.